The molecule has 0 heterocycles. The Hall–Kier alpha value is -3.23. The summed E-state index contributed by atoms with van der Waals surface area (Å²) in [5, 5.41) is 13.5. The SMILES string of the molecule is COC(=O)C1(N[C@@](CCCCN)(C(=O)O)C(=O)OC(C)(C)C)c2ccccc2-c2ccccc21. The van der Waals surface area contributed by atoms with Crippen molar-refractivity contribution in [3.63, 3.8) is 0 Å². The van der Waals surface area contributed by atoms with Crippen LogP contribution in [-0.2, 0) is 29.4 Å². The number of carboxylic acid groups (broad SMARTS) is 1. The molecular formula is C26H32N2O6. The highest BCUT2D eigenvalue weighted by molar-refractivity contribution is 6.06. The molecule has 0 fully saturated rings. The second-order valence-corrected chi connectivity index (χ2v) is 9.42. The van der Waals surface area contributed by atoms with Crippen molar-refractivity contribution < 1.29 is 29.0 Å². The Morgan fingerprint density at radius 1 is 0.971 bits per heavy atom. The maximum absolute atomic E-state index is 13.5. The number of methoxy groups -OCH3 is 1. The maximum Gasteiger partial charge on any atom is 0.338 e. The first-order chi connectivity index (χ1) is 16.0. The minimum atomic E-state index is -2.23. The van der Waals surface area contributed by atoms with Crippen LogP contribution in [0.2, 0.25) is 0 Å². The van der Waals surface area contributed by atoms with Gasteiger partial charge in [-0.05, 0) is 68.8 Å². The smallest absolute Gasteiger partial charge is 0.338 e. The molecule has 2 aromatic carbocycles. The largest absolute Gasteiger partial charge is 0.479 e. The van der Waals surface area contributed by atoms with Gasteiger partial charge in [-0.2, -0.15) is 0 Å². The lowest BCUT2D eigenvalue weighted by molar-refractivity contribution is -0.174. The Labute approximate surface area is 199 Å². The molecular weight excluding hydrogens is 436 g/mol. The fourth-order valence-corrected chi connectivity index (χ4v) is 4.48. The van der Waals surface area contributed by atoms with E-state index < -0.39 is 34.6 Å². The standard InChI is InChI=1S/C26H32N2O6/c1-24(2,3)34-22(31)25(21(29)30,15-9-10-16-27)28-26(23(32)33-4)19-13-7-5-11-17(19)18-12-6-8-14-20(18)26/h5-8,11-14,28H,9-10,15-16,27H2,1-4H3,(H,29,30)/t25-/m0/s1. The zero-order chi connectivity index (χ0) is 25.1. The van der Waals surface area contributed by atoms with E-state index in [9.17, 15) is 19.5 Å². The molecule has 2 aromatic rings. The Balaban J connectivity index is 2.29. The van der Waals surface area contributed by atoms with Gasteiger partial charge < -0.3 is 20.3 Å². The van der Waals surface area contributed by atoms with Gasteiger partial charge >= 0.3 is 17.9 Å². The van der Waals surface area contributed by atoms with E-state index in [4.69, 9.17) is 15.2 Å². The van der Waals surface area contributed by atoms with Gasteiger partial charge in [0.1, 0.15) is 5.60 Å². The first-order valence-electron chi connectivity index (χ1n) is 11.3. The molecule has 0 unspecified atom stereocenters. The van der Waals surface area contributed by atoms with Crippen LogP contribution in [0.5, 0.6) is 0 Å². The Morgan fingerprint density at radius 2 is 1.50 bits per heavy atom. The number of esters is 2. The van der Waals surface area contributed by atoms with Crippen LogP contribution in [0.3, 0.4) is 0 Å². The monoisotopic (exact) mass is 468 g/mol. The molecule has 3 rings (SSSR count). The molecule has 34 heavy (non-hydrogen) atoms. The lowest BCUT2D eigenvalue weighted by Crippen LogP contribution is -2.68. The van der Waals surface area contributed by atoms with Gasteiger partial charge in [-0.15, -0.1) is 0 Å². The average Bonchev–Trinajstić information content (AvgIpc) is 3.07. The van der Waals surface area contributed by atoms with Crippen LogP contribution >= 0.6 is 0 Å². The van der Waals surface area contributed by atoms with E-state index in [2.05, 4.69) is 5.32 Å². The van der Waals surface area contributed by atoms with Crippen molar-refractivity contribution in [2.24, 2.45) is 5.73 Å². The van der Waals surface area contributed by atoms with E-state index in [0.717, 1.165) is 11.1 Å². The molecule has 0 bridgehead atoms. The summed E-state index contributed by atoms with van der Waals surface area (Å²) in [7, 11) is 1.24. The summed E-state index contributed by atoms with van der Waals surface area (Å²) >= 11 is 0. The van der Waals surface area contributed by atoms with E-state index in [-0.39, 0.29) is 6.42 Å². The maximum atomic E-state index is 13.5. The summed E-state index contributed by atoms with van der Waals surface area (Å²) in [6.45, 7) is 5.31. The van der Waals surface area contributed by atoms with Crippen LogP contribution in [0.25, 0.3) is 11.1 Å². The molecule has 4 N–H and O–H groups in total. The van der Waals surface area contributed by atoms with Crippen molar-refractivity contribution in [1.82, 2.24) is 5.32 Å². The number of rotatable bonds is 9. The molecule has 8 heteroatoms. The van der Waals surface area contributed by atoms with Crippen molar-refractivity contribution in [3.05, 3.63) is 59.7 Å². The van der Waals surface area contributed by atoms with Crippen LogP contribution in [0.1, 0.15) is 51.2 Å². The second kappa shape index (κ2) is 9.56. The Bertz CT molecular complexity index is 1050. The number of nitrogens with one attached hydrogen (secondary N) is 1. The molecule has 0 radical (unpaired) electrons. The van der Waals surface area contributed by atoms with Gasteiger partial charge in [-0.1, -0.05) is 48.5 Å². The first kappa shape index (κ1) is 25.4. The molecule has 0 amide bonds. The van der Waals surface area contributed by atoms with E-state index >= 15 is 0 Å². The number of nitrogens with two attached hydrogens (primary N) is 1. The fourth-order valence-electron chi connectivity index (χ4n) is 4.48. The van der Waals surface area contributed by atoms with Gasteiger partial charge in [-0.3, -0.25) is 5.32 Å². The first-order valence-corrected chi connectivity index (χ1v) is 11.3. The van der Waals surface area contributed by atoms with Crippen LogP contribution in [0, 0.1) is 0 Å². The van der Waals surface area contributed by atoms with Crippen molar-refractivity contribution in [2.45, 2.75) is 56.7 Å². The number of carbonyl (C=O) groups excluding carboxylic acids is 2. The number of carbonyl (C=O) groups is 3. The number of carboxylic acids is 1. The zero-order valence-corrected chi connectivity index (χ0v) is 20.0. The number of ether oxygens (including phenoxy) is 2. The third-order valence-electron chi connectivity index (χ3n) is 5.96. The average molecular weight is 469 g/mol. The quantitative estimate of drug-likeness (QED) is 0.291. The van der Waals surface area contributed by atoms with Crippen LogP contribution in [0.4, 0.5) is 0 Å². The number of hydrogen-bond acceptors (Lipinski definition) is 7. The Kier molecular flexibility index (Phi) is 7.14. The molecule has 182 valence electrons. The molecule has 1 atom stereocenters. The number of hydrogen-bond donors (Lipinski definition) is 3. The predicted octanol–water partition coefficient (Wildman–Crippen LogP) is 2.97. The molecule has 0 aromatic heterocycles. The van der Waals surface area contributed by atoms with Crippen LogP contribution in [0.15, 0.2) is 48.5 Å². The summed E-state index contributed by atoms with van der Waals surface area (Å²) in [6, 6.07) is 14.4. The summed E-state index contributed by atoms with van der Waals surface area (Å²) in [5.41, 5.74) is 3.24. The highest BCUT2D eigenvalue weighted by Crippen LogP contribution is 2.49. The molecule has 0 saturated heterocycles. The van der Waals surface area contributed by atoms with Gasteiger partial charge in [0.05, 0.1) is 7.11 Å². The summed E-state index contributed by atoms with van der Waals surface area (Å²) in [5.74, 6) is -3.14. The summed E-state index contributed by atoms with van der Waals surface area (Å²) in [4.78, 5) is 39.9. The molecule has 0 aliphatic heterocycles. The third kappa shape index (κ3) is 4.31. The minimum Gasteiger partial charge on any atom is -0.479 e. The van der Waals surface area contributed by atoms with Gasteiger partial charge in [-0.25, -0.2) is 14.4 Å². The van der Waals surface area contributed by atoms with E-state index in [1.807, 2.05) is 24.3 Å². The zero-order valence-electron chi connectivity index (χ0n) is 20.0. The van der Waals surface area contributed by atoms with E-state index in [0.29, 0.717) is 30.5 Å². The number of unbranched alkanes of at least 4 members (excludes halogenated alkanes) is 1. The summed E-state index contributed by atoms with van der Waals surface area (Å²) in [6.07, 6.45) is 0.699. The number of benzene rings is 2. The molecule has 0 saturated carbocycles. The van der Waals surface area contributed by atoms with E-state index in [1.165, 1.54) is 7.11 Å². The molecule has 1 aliphatic carbocycles. The van der Waals surface area contributed by atoms with Crippen LogP contribution < -0.4 is 11.1 Å². The fraction of sp³-hybridized carbons (Fsp3) is 0.423. The lowest BCUT2D eigenvalue weighted by atomic mass is 9.81. The van der Waals surface area contributed by atoms with Gasteiger partial charge in [0.25, 0.3) is 0 Å². The Morgan fingerprint density at radius 3 is 1.94 bits per heavy atom. The van der Waals surface area contributed by atoms with Gasteiger partial charge in [0.2, 0.25) is 5.54 Å². The van der Waals surface area contributed by atoms with Crippen molar-refractivity contribution in [1.29, 1.82) is 0 Å². The highest BCUT2D eigenvalue weighted by atomic mass is 16.6. The van der Waals surface area contributed by atoms with Crippen molar-refractivity contribution >= 4 is 17.9 Å². The lowest BCUT2D eigenvalue weighted by Gasteiger charge is -2.40. The topological polar surface area (TPSA) is 128 Å². The van der Waals surface area contributed by atoms with Gasteiger partial charge in [0.15, 0.2) is 5.54 Å². The number of fused-ring (bicyclic) bond motifs is 3. The van der Waals surface area contributed by atoms with Crippen molar-refractivity contribution in [3.8, 4) is 11.1 Å². The highest BCUT2D eigenvalue weighted by Gasteiger charge is 2.60. The van der Waals surface area contributed by atoms with Crippen molar-refractivity contribution in [2.75, 3.05) is 13.7 Å². The molecule has 0 spiro atoms. The molecule has 8 nitrogen and oxygen atoms in total. The normalized spacial score (nSPS) is 15.6. The number of aliphatic carboxylic acids is 1. The summed E-state index contributed by atoms with van der Waals surface area (Å²) < 4.78 is 10.8. The minimum absolute atomic E-state index is 0.127. The van der Waals surface area contributed by atoms with Gasteiger partial charge in [0, 0.05) is 0 Å². The predicted molar refractivity (Wildman–Crippen MR) is 127 cm³/mol. The molecule has 1 aliphatic rings. The van der Waals surface area contributed by atoms with Crippen LogP contribution in [-0.4, -0.2) is 47.8 Å². The second-order valence-electron chi connectivity index (χ2n) is 9.42. The van der Waals surface area contributed by atoms with E-state index in [1.54, 1.807) is 45.0 Å². The third-order valence-corrected chi connectivity index (χ3v) is 5.96.